The lowest BCUT2D eigenvalue weighted by molar-refractivity contribution is 0.340. The Morgan fingerprint density at radius 3 is 2.47 bits per heavy atom. The van der Waals surface area contributed by atoms with Crippen molar-refractivity contribution in [3.8, 4) is 11.4 Å². The van der Waals surface area contributed by atoms with E-state index in [0.717, 1.165) is 56.3 Å². The van der Waals surface area contributed by atoms with Gasteiger partial charge in [0.2, 0.25) is 0 Å². The molecule has 0 unspecified atom stereocenters. The second kappa shape index (κ2) is 8.00. The number of hydrogen-bond donors (Lipinski definition) is 1. The van der Waals surface area contributed by atoms with Crippen LogP contribution < -0.4 is 10.1 Å². The second-order valence-electron chi connectivity index (χ2n) is 7.86. The molecule has 0 aliphatic carbocycles. The smallest absolute Gasteiger partial charge is 0.158 e. The molecular formula is C25H26N6O. The number of ether oxygens (including phenoxy) is 1. The molecule has 5 rings (SSSR count). The van der Waals surface area contributed by atoms with Crippen molar-refractivity contribution in [1.29, 1.82) is 0 Å². The minimum Gasteiger partial charge on any atom is -0.494 e. The van der Waals surface area contributed by atoms with E-state index in [9.17, 15) is 0 Å². The third kappa shape index (κ3) is 3.26. The van der Waals surface area contributed by atoms with Crippen molar-refractivity contribution < 1.29 is 4.74 Å². The van der Waals surface area contributed by atoms with Crippen LogP contribution in [0.5, 0.6) is 5.75 Å². The van der Waals surface area contributed by atoms with E-state index in [1.165, 1.54) is 0 Å². The van der Waals surface area contributed by atoms with Crippen LogP contribution in [0, 0.1) is 20.8 Å². The molecule has 0 fully saturated rings. The first-order valence-corrected chi connectivity index (χ1v) is 10.8. The van der Waals surface area contributed by atoms with Crippen molar-refractivity contribution in [2.45, 2.75) is 34.2 Å². The van der Waals surface area contributed by atoms with Gasteiger partial charge in [0.15, 0.2) is 5.82 Å². The Labute approximate surface area is 186 Å². The largest absolute Gasteiger partial charge is 0.494 e. The van der Waals surface area contributed by atoms with Crippen LogP contribution in [0.1, 0.15) is 29.7 Å². The maximum absolute atomic E-state index is 5.61. The molecule has 162 valence electrons. The summed E-state index contributed by atoms with van der Waals surface area (Å²) in [6.07, 6.45) is 1.81. The third-order valence-corrected chi connectivity index (χ3v) is 5.89. The highest BCUT2D eigenvalue weighted by Crippen LogP contribution is 2.34. The zero-order valence-electron chi connectivity index (χ0n) is 18.8. The molecule has 0 saturated heterocycles. The highest BCUT2D eigenvalue weighted by molar-refractivity contribution is 5.98. The monoisotopic (exact) mass is 426 g/mol. The SMILES string of the molecule is CCOc1ccc(-n2c(C)c3c(C)nnc(NCc4cccc5ccnn45)c3c2C)cc1. The number of hydrogen-bond acceptors (Lipinski definition) is 5. The lowest BCUT2D eigenvalue weighted by atomic mass is 10.1. The molecule has 7 heteroatoms. The Hall–Kier alpha value is -3.87. The molecule has 0 spiro atoms. The van der Waals surface area contributed by atoms with Crippen molar-refractivity contribution in [3.63, 3.8) is 0 Å². The average Bonchev–Trinajstić information content (AvgIpc) is 3.38. The summed E-state index contributed by atoms with van der Waals surface area (Å²) < 4.78 is 9.81. The average molecular weight is 427 g/mol. The maximum atomic E-state index is 5.61. The molecule has 7 nitrogen and oxygen atoms in total. The Morgan fingerprint density at radius 2 is 1.69 bits per heavy atom. The first-order valence-electron chi connectivity index (χ1n) is 10.8. The molecule has 0 atom stereocenters. The van der Waals surface area contributed by atoms with Crippen LogP contribution in [-0.2, 0) is 6.54 Å². The standard InChI is InChI=1S/C25H26N6O/c1-5-32-22-11-9-19(10-12-22)30-17(3)23-16(2)28-29-25(24(23)18(30)4)26-15-21-8-6-7-20-13-14-27-31(20)21/h6-14H,5,15H2,1-4H3,(H,26,29). The summed E-state index contributed by atoms with van der Waals surface area (Å²) in [6.45, 7) is 9.52. The topological polar surface area (TPSA) is 69.3 Å². The molecular weight excluding hydrogens is 400 g/mol. The quantitative estimate of drug-likeness (QED) is 0.414. The summed E-state index contributed by atoms with van der Waals surface area (Å²) in [5.41, 5.74) is 6.41. The van der Waals surface area contributed by atoms with E-state index < -0.39 is 0 Å². The van der Waals surface area contributed by atoms with Gasteiger partial charge in [0.05, 0.1) is 30.1 Å². The summed E-state index contributed by atoms with van der Waals surface area (Å²) >= 11 is 0. The minimum absolute atomic E-state index is 0.596. The molecule has 0 aliphatic heterocycles. The van der Waals surface area contributed by atoms with Crippen LogP contribution in [0.3, 0.4) is 0 Å². The highest BCUT2D eigenvalue weighted by Gasteiger charge is 2.19. The number of aromatic nitrogens is 5. The molecule has 0 bridgehead atoms. The van der Waals surface area contributed by atoms with Gasteiger partial charge >= 0.3 is 0 Å². The minimum atomic E-state index is 0.596. The van der Waals surface area contributed by atoms with Crippen LogP contribution in [-0.4, -0.2) is 31.0 Å². The number of nitrogens with zero attached hydrogens (tertiary/aromatic N) is 5. The van der Waals surface area contributed by atoms with Crippen LogP contribution in [0.2, 0.25) is 0 Å². The van der Waals surface area contributed by atoms with E-state index in [-0.39, 0.29) is 0 Å². The predicted octanol–water partition coefficient (Wildman–Crippen LogP) is 5.00. The fourth-order valence-electron chi connectivity index (χ4n) is 4.48. The molecule has 0 amide bonds. The van der Waals surface area contributed by atoms with Gasteiger partial charge in [0.1, 0.15) is 5.75 Å². The molecule has 1 N–H and O–H groups in total. The third-order valence-electron chi connectivity index (χ3n) is 5.89. The van der Waals surface area contributed by atoms with Crippen LogP contribution in [0.4, 0.5) is 5.82 Å². The van der Waals surface area contributed by atoms with Gasteiger partial charge in [-0.1, -0.05) is 6.07 Å². The van der Waals surface area contributed by atoms with Gasteiger partial charge in [0, 0.05) is 34.0 Å². The van der Waals surface area contributed by atoms with E-state index >= 15 is 0 Å². The van der Waals surface area contributed by atoms with E-state index in [1.807, 2.05) is 54.9 Å². The maximum Gasteiger partial charge on any atom is 0.158 e. The van der Waals surface area contributed by atoms with Crippen molar-refractivity contribution in [1.82, 2.24) is 24.4 Å². The Bertz CT molecular complexity index is 1410. The second-order valence-corrected chi connectivity index (χ2v) is 7.86. The zero-order chi connectivity index (χ0) is 22.2. The van der Waals surface area contributed by atoms with Crippen molar-refractivity contribution in [2.24, 2.45) is 0 Å². The molecule has 1 aromatic carbocycles. The fourth-order valence-corrected chi connectivity index (χ4v) is 4.48. The van der Waals surface area contributed by atoms with Gasteiger partial charge in [-0.15, -0.1) is 5.10 Å². The normalized spacial score (nSPS) is 11.4. The predicted molar refractivity (Wildman–Crippen MR) is 127 cm³/mol. The lowest BCUT2D eigenvalue weighted by Gasteiger charge is -2.11. The van der Waals surface area contributed by atoms with E-state index in [1.54, 1.807) is 0 Å². The molecule has 4 heterocycles. The Morgan fingerprint density at radius 1 is 0.906 bits per heavy atom. The highest BCUT2D eigenvalue weighted by atomic mass is 16.5. The number of fused-ring (bicyclic) bond motifs is 2. The van der Waals surface area contributed by atoms with Crippen LogP contribution in [0.25, 0.3) is 22.0 Å². The number of pyridine rings is 1. The zero-order valence-corrected chi connectivity index (χ0v) is 18.8. The summed E-state index contributed by atoms with van der Waals surface area (Å²) in [4.78, 5) is 0. The summed E-state index contributed by atoms with van der Waals surface area (Å²) in [5.74, 6) is 1.65. The fraction of sp³-hybridized carbons (Fsp3) is 0.240. The molecule has 0 saturated carbocycles. The molecule has 0 radical (unpaired) electrons. The summed E-state index contributed by atoms with van der Waals surface area (Å²) in [6, 6.07) is 16.3. The van der Waals surface area contributed by atoms with Crippen LogP contribution in [0.15, 0.2) is 54.7 Å². The number of anilines is 1. The van der Waals surface area contributed by atoms with Gasteiger partial charge < -0.3 is 14.6 Å². The van der Waals surface area contributed by atoms with Crippen molar-refractivity contribution in [2.75, 3.05) is 11.9 Å². The van der Waals surface area contributed by atoms with Gasteiger partial charge in [-0.25, -0.2) is 4.52 Å². The molecule has 0 aliphatic rings. The van der Waals surface area contributed by atoms with Crippen molar-refractivity contribution in [3.05, 3.63) is 77.5 Å². The number of aryl methyl sites for hydroxylation is 3. The van der Waals surface area contributed by atoms with Crippen molar-refractivity contribution >= 4 is 22.1 Å². The molecule has 32 heavy (non-hydrogen) atoms. The lowest BCUT2D eigenvalue weighted by Crippen LogP contribution is -2.08. The first-order chi connectivity index (χ1) is 15.6. The number of nitrogens with one attached hydrogen (secondary N) is 1. The van der Waals surface area contributed by atoms with E-state index in [4.69, 9.17) is 4.74 Å². The van der Waals surface area contributed by atoms with Gasteiger partial charge in [0.25, 0.3) is 0 Å². The number of rotatable bonds is 6. The summed E-state index contributed by atoms with van der Waals surface area (Å²) in [7, 11) is 0. The van der Waals surface area contributed by atoms with Gasteiger partial charge in [-0.2, -0.15) is 10.2 Å². The molecule has 4 aromatic heterocycles. The van der Waals surface area contributed by atoms with Gasteiger partial charge in [-0.3, -0.25) is 0 Å². The number of benzene rings is 1. The Balaban J connectivity index is 1.57. The van der Waals surface area contributed by atoms with E-state index in [2.05, 4.69) is 57.2 Å². The molecule has 5 aromatic rings. The summed E-state index contributed by atoms with van der Waals surface area (Å²) in [5, 5.41) is 19.1. The van der Waals surface area contributed by atoms with Crippen LogP contribution >= 0.6 is 0 Å². The first kappa shape index (κ1) is 20.1. The van der Waals surface area contributed by atoms with Gasteiger partial charge in [-0.05, 0) is 70.2 Å². The van der Waals surface area contributed by atoms with E-state index in [0.29, 0.717) is 13.2 Å². The Kier molecular flexibility index (Phi) is 5.01.